The number of ether oxygens (including phenoxy) is 1. The Balaban J connectivity index is 1.80. The van der Waals surface area contributed by atoms with E-state index < -0.39 is 28.6 Å². The zero-order valence-electron chi connectivity index (χ0n) is 21.3. The number of hydrogen-bond donors (Lipinski definition) is 2. The summed E-state index contributed by atoms with van der Waals surface area (Å²) in [6, 6.07) is 4.45. The number of fused-ring (bicyclic) bond motifs is 1. The molecular weight excluding hydrogens is 448 g/mol. The number of aryl methyl sites for hydroxylation is 1. The number of aliphatic hydroxyl groups is 2. The van der Waals surface area contributed by atoms with Crippen LogP contribution in [0.3, 0.4) is 0 Å². The highest BCUT2D eigenvalue weighted by atomic mass is 32.2. The first-order valence-corrected chi connectivity index (χ1v) is 13.1. The lowest BCUT2D eigenvalue weighted by atomic mass is 9.89. The third-order valence-corrected chi connectivity index (χ3v) is 9.23. The predicted octanol–water partition coefficient (Wildman–Crippen LogP) is 3.93. The van der Waals surface area contributed by atoms with Gasteiger partial charge < -0.3 is 14.9 Å². The number of rotatable bonds is 6. The standard InChI is InChI=1S/C23H30N2O5S2/c1-14-21(25-12-20(23(2,3)27)31-22(25)24-14)16-7-10-18(30-4)19(11-16)32(28,29)13-15-5-8-17(26)9-6-15/h7,10-12,15,17,26-27H,5-6,8-9,13H2,1-4H3/i4D3. The van der Waals surface area contributed by atoms with Gasteiger partial charge in [0.2, 0.25) is 0 Å². The zero-order valence-corrected chi connectivity index (χ0v) is 20.0. The molecule has 174 valence electrons. The van der Waals surface area contributed by atoms with Crippen molar-refractivity contribution in [2.75, 3.05) is 12.8 Å². The quantitative estimate of drug-likeness (QED) is 0.553. The first kappa shape index (κ1) is 19.5. The Kier molecular flexibility index (Phi) is 5.15. The molecule has 0 spiro atoms. The van der Waals surface area contributed by atoms with Gasteiger partial charge in [-0.15, -0.1) is 0 Å². The second kappa shape index (κ2) is 8.44. The van der Waals surface area contributed by atoms with E-state index in [9.17, 15) is 18.6 Å². The molecule has 0 saturated heterocycles. The Labute approximate surface area is 196 Å². The summed E-state index contributed by atoms with van der Waals surface area (Å²) in [5.74, 6) is -0.490. The van der Waals surface area contributed by atoms with Crippen molar-refractivity contribution in [2.45, 2.75) is 63.1 Å². The molecule has 1 aliphatic rings. The van der Waals surface area contributed by atoms with E-state index >= 15 is 0 Å². The van der Waals surface area contributed by atoms with Gasteiger partial charge in [-0.05, 0) is 70.6 Å². The molecule has 1 saturated carbocycles. The van der Waals surface area contributed by atoms with Gasteiger partial charge in [-0.25, -0.2) is 13.4 Å². The normalized spacial score (nSPS) is 21.8. The fourth-order valence-corrected chi connectivity index (χ4v) is 7.16. The van der Waals surface area contributed by atoms with Crippen LogP contribution in [-0.4, -0.2) is 46.9 Å². The van der Waals surface area contributed by atoms with Crippen molar-refractivity contribution >= 4 is 26.1 Å². The van der Waals surface area contributed by atoms with Crippen molar-refractivity contribution in [1.29, 1.82) is 0 Å². The van der Waals surface area contributed by atoms with Gasteiger partial charge >= 0.3 is 0 Å². The summed E-state index contributed by atoms with van der Waals surface area (Å²) in [6.45, 7) is 5.18. The number of nitrogens with zero attached hydrogens (tertiary/aromatic N) is 2. The fourth-order valence-electron chi connectivity index (χ4n) is 4.28. The molecule has 1 aliphatic carbocycles. The van der Waals surface area contributed by atoms with Gasteiger partial charge in [-0.3, -0.25) is 4.40 Å². The highest BCUT2D eigenvalue weighted by molar-refractivity contribution is 7.91. The Morgan fingerprint density at radius 2 is 2.03 bits per heavy atom. The Hall–Kier alpha value is -1.94. The van der Waals surface area contributed by atoms with E-state index in [1.807, 2.05) is 11.3 Å². The van der Waals surface area contributed by atoms with E-state index in [0.29, 0.717) is 52.5 Å². The molecule has 0 amide bonds. The molecule has 1 aromatic carbocycles. The number of hydrogen-bond acceptors (Lipinski definition) is 7. The number of imidazole rings is 1. The molecule has 0 atom stereocenters. The van der Waals surface area contributed by atoms with Crippen LogP contribution >= 0.6 is 11.3 Å². The second-order valence-corrected chi connectivity index (χ2v) is 12.1. The summed E-state index contributed by atoms with van der Waals surface area (Å²) in [7, 11) is -6.71. The van der Waals surface area contributed by atoms with Gasteiger partial charge in [-0.2, -0.15) is 0 Å². The van der Waals surface area contributed by atoms with E-state index in [-0.39, 0.29) is 22.3 Å². The summed E-state index contributed by atoms with van der Waals surface area (Å²) >= 11 is 1.34. The van der Waals surface area contributed by atoms with Gasteiger partial charge in [0.1, 0.15) is 10.6 Å². The largest absolute Gasteiger partial charge is 0.495 e. The number of methoxy groups -OCH3 is 1. The topological polar surface area (TPSA) is 101 Å². The summed E-state index contributed by atoms with van der Waals surface area (Å²) in [5, 5.41) is 20.2. The maximum absolute atomic E-state index is 13.5. The summed E-state index contributed by atoms with van der Waals surface area (Å²) < 4.78 is 56.4. The van der Waals surface area contributed by atoms with Gasteiger partial charge in [0.05, 0.1) is 44.9 Å². The van der Waals surface area contributed by atoms with Crippen molar-refractivity contribution in [3.8, 4) is 17.0 Å². The van der Waals surface area contributed by atoms with Crippen molar-refractivity contribution < 1.29 is 27.5 Å². The number of sulfone groups is 1. The number of thiazole rings is 1. The maximum Gasteiger partial charge on any atom is 0.194 e. The molecule has 2 N–H and O–H groups in total. The number of aromatic nitrogens is 2. The van der Waals surface area contributed by atoms with Crippen LogP contribution in [-0.2, 0) is 15.4 Å². The molecule has 0 aliphatic heterocycles. The minimum atomic E-state index is -3.90. The first-order valence-electron chi connectivity index (χ1n) is 12.1. The number of benzene rings is 1. The lowest BCUT2D eigenvalue weighted by Crippen LogP contribution is -2.24. The average Bonchev–Trinajstić information content (AvgIpc) is 3.26. The van der Waals surface area contributed by atoms with E-state index in [1.54, 1.807) is 26.1 Å². The Morgan fingerprint density at radius 3 is 2.69 bits per heavy atom. The summed E-state index contributed by atoms with van der Waals surface area (Å²) in [5.41, 5.74) is 0.818. The van der Waals surface area contributed by atoms with Gasteiger partial charge in [-0.1, -0.05) is 11.3 Å². The van der Waals surface area contributed by atoms with Crippen LogP contribution in [0.15, 0.2) is 29.3 Å². The summed E-state index contributed by atoms with van der Waals surface area (Å²) in [6.07, 6.45) is 3.66. The highest BCUT2D eigenvalue weighted by Crippen LogP contribution is 2.37. The molecule has 9 heteroatoms. The average molecular weight is 482 g/mol. The van der Waals surface area contributed by atoms with Crippen molar-refractivity contribution in [3.05, 3.63) is 35.0 Å². The van der Waals surface area contributed by atoms with Crippen LogP contribution in [0, 0.1) is 12.8 Å². The summed E-state index contributed by atoms with van der Waals surface area (Å²) in [4.78, 5) is 5.76. The van der Waals surface area contributed by atoms with Crippen LogP contribution in [0.4, 0.5) is 0 Å². The predicted molar refractivity (Wildman–Crippen MR) is 125 cm³/mol. The molecule has 2 heterocycles. The van der Waals surface area contributed by atoms with Gasteiger partial charge in [0.15, 0.2) is 14.8 Å². The van der Waals surface area contributed by atoms with Crippen LogP contribution in [0.25, 0.3) is 16.2 Å². The van der Waals surface area contributed by atoms with E-state index in [2.05, 4.69) is 4.98 Å². The van der Waals surface area contributed by atoms with E-state index in [1.165, 1.54) is 23.5 Å². The Morgan fingerprint density at radius 1 is 1.31 bits per heavy atom. The molecule has 1 fully saturated rings. The van der Waals surface area contributed by atoms with E-state index in [0.717, 1.165) is 0 Å². The lowest BCUT2D eigenvalue weighted by Gasteiger charge is -2.25. The zero-order chi connectivity index (χ0) is 25.8. The Bertz CT molecular complexity index is 1330. The highest BCUT2D eigenvalue weighted by Gasteiger charge is 2.29. The third-order valence-electron chi connectivity index (χ3n) is 6.04. The second-order valence-electron chi connectivity index (χ2n) is 9.07. The third kappa shape index (κ3) is 4.44. The molecule has 7 nitrogen and oxygen atoms in total. The van der Waals surface area contributed by atoms with Crippen molar-refractivity contribution in [2.24, 2.45) is 5.92 Å². The molecule has 0 radical (unpaired) electrons. The smallest absolute Gasteiger partial charge is 0.194 e. The molecular formula is C23H30N2O5S2. The SMILES string of the molecule is [2H]C([2H])([2H])Oc1ccc(-c2c(C)nc3sc(C(C)(C)O)cn23)cc1S(=O)(=O)CC1CCC(O)CC1. The van der Waals surface area contributed by atoms with Gasteiger partial charge in [0, 0.05) is 11.8 Å². The monoisotopic (exact) mass is 481 g/mol. The molecule has 32 heavy (non-hydrogen) atoms. The van der Waals surface area contributed by atoms with E-state index in [4.69, 9.17) is 8.85 Å². The molecule has 2 aromatic heterocycles. The van der Waals surface area contributed by atoms with Crippen LogP contribution < -0.4 is 4.74 Å². The fraction of sp³-hybridized carbons (Fsp3) is 0.522. The number of aliphatic hydroxyl groups excluding tert-OH is 1. The maximum atomic E-state index is 13.5. The minimum absolute atomic E-state index is 0.123. The molecule has 3 aromatic rings. The van der Waals surface area contributed by atoms with Crippen LogP contribution in [0.1, 0.15) is 54.2 Å². The van der Waals surface area contributed by atoms with Crippen LogP contribution in [0.2, 0.25) is 0 Å². The minimum Gasteiger partial charge on any atom is -0.495 e. The molecule has 0 unspecified atom stereocenters. The van der Waals surface area contributed by atoms with Crippen molar-refractivity contribution in [3.63, 3.8) is 0 Å². The molecule has 0 bridgehead atoms. The first-order chi connectivity index (χ1) is 16.1. The van der Waals surface area contributed by atoms with Gasteiger partial charge in [0.25, 0.3) is 0 Å². The van der Waals surface area contributed by atoms with Crippen LogP contribution in [0.5, 0.6) is 5.75 Å². The molecule has 4 rings (SSSR count). The lowest BCUT2D eigenvalue weighted by molar-refractivity contribution is 0.0822. The van der Waals surface area contributed by atoms with Crippen molar-refractivity contribution in [1.82, 2.24) is 9.38 Å².